The summed E-state index contributed by atoms with van der Waals surface area (Å²) in [5, 5.41) is 25.0. The molecule has 2 heterocycles. The van der Waals surface area contributed by atoms with E-state index in [0.29, 0.717) is 11.5 Å². The summed E-state index contributed by atoms with van der Waals surface area (Å²) in [4.78, 5) is 40.7. The third-order valence-electron chi connectivity index (χ3n) is 8.76. The maximum atomic E-state index is 13.0. The first-order valence-corrected chi connectivity index (χ1v) is 15.9. The Morgan fingerprint density at radius 3 is 1.90 bits per heavy atom. The predicted molar refractivity (Wildman–Crippen MR) is 183 cm³/mol. The van der Waals surface area contributed by atoms with Crippen LogP contribution < -0.4 is 26.0 Å². The highest BCUT2D eigenvalue weighted by molar-refractivity contribution is 5.93. The smallest absolute Gasteiger partial charge is 0.330 e. The van der Waals surface area contributed by atoms with Gasteiger partial charge in [-0.15, -0.1) is 0 Å². The zero-order chi connectivity index (χ0) is 35.3. The average molecular weight is 680 g/mol. The third kappa shape index (κ3) is 6.82. The second-order valence-corrected chi connectivity index (χ2v) is 11.7. The molecule has 50 heavy (non-hydrogen) atoms. The molecule has 1 aliphatic heterocycles. The van der Waals surface area contributed by atoms with Crippen molar-refractivity contribution in [1.82, 2.24) is 14.9 Å². The minimum absolute atomic E-state index is 0.143. The first-order chi connectivity index (χ1) is 24.2. The van der Waals surface area contributed by atoms with Crippen molar-refractivity contribution in [1.29, 1.82) is 0 Å². The number of carbonyl (C=O) groups excluding carboxylic acids is 1. The molecule has 4 N–H and O–H groups in total. The highest BCUT2D eigenvalue weighted by Crippen LogP contribution is 2.42. The van der Waals surface area contributed by atoms with Crippen molar-refractivity contribution in [2.45, 2.75) is 36.7 Å². The van der Waals surface area contributed by atoms with Crippen LogP contribution in [0.15, 0.2) is 125 Å². The predicted octanol–water partition coefficient (Wildman–Crippen LogP) is 3.11. The standard InChI is InChI=1S/C38H37N3O9/c1-47-28-17-13-26(14-18-28)38(25-11-7-4-8-12-25,27-15-19-29(48-2)20-16-27)49-23-31-32(42)33(43)36(50-31)41-22-30(35(45)40-37(41)46)34(44)39-21-24-9-5-3-6-10-24/h3-20,22,31-33,36,42-43H,21,23H2,1-2H3,(H,39,44)(H,40,45,46)/t31-,32-,33-,36-/m1/s1. The van der Waals surface area contributed by atoms with Gasteiger partial charge in [-0.3, -0.25) is 19.1 Å². The van der Waals surface area contributed by atoms with Crippen molar-refractivity contribution in [3.8, 4) is 11.5 Å². The van der Waals surface area contributed by atoms with Crippen LogP contribution in [0.5, 0.6) is 11.5 Å². The average Bonchev–Trinajstić information content (AvgIpc) is 3.44. The number of aliphatic hydroxyl groups is 2. The highest BCUT2D eigenvalue weighted by Gasteiger charge is 2.47. The molecule has 5 aromatic rings. The van der Waals surface area contributed by atoms with E-state index in [1.807, 2.05) is 109 Å². The summed E-state index contributed by atoms with van der Waals surface area (Å²) < 4.78 is 24.6. The van der Waals surface area contributed by atoms with Crippen molar-refractivity contribution in [3.63, 3.8) is 0 Å². The number of hydrogen-bond donors (Lipinski definition) is 4. The van der Waals surface area contributed by atoms with Crippen molar-refractivity contribution in [2.24, 2.45) is 0 Å². The summed E-state index contributed by atoms with van der Waals surface area (Å²) in [5.41, 5.74) is -0.397. The summed E-state index contributed by atoms with van der Waals surface area (Å²) in [5.74, 6) is 0.555. The Balaban J connectivity index is 1.31. The van der Waals surface area contributed by atoms with E-state index in [1.54, 1.807) is 14.2 Å². The zero-order valence-electron chi connectivity index (χ0n) is 27.4. The lowest BCUT2D eigenvalue weighted by Crippen LogP contribution is -2.41. The molecule has 6 rings (SSSR count). The molecule has 258 valence electrons. The van der Waals surface area contributed by atoms with Crippen molar-refractivity contribution < 1.29 is 34.0 Å². The van der Waals surface area contributed by atoms with E-state index < -0.39 is 47.3 Å². The molecule has 0 spiro atoms. The molecule has 1 saturated heterocycles. The first kappa shape index (κ1) is 34.3. The monoisotopic (exact) mass is 679 g/mol. The van der Waals surface area contributed by atoms with Crippen LogP contribution in [0.4, 0.5) is 0 Å². The van der Waals surface area contributed by atoms with Gasteiger partial charge in [-0.25, -0.2) is 4.79 Å². The van der Waals surface area contributed by atoms with Gasteiger partial charge in [0.25, 0.3) is 11.5 Å². The molecular weight excluding hydrogens is 642 g/mol. The Kier molecular flexibility index (Phi) is 10.3. The van der Waals surface area contributed by atoms with Gasteiger partial charge in [-0.05, 0) is 46.5 Å². The molecule has 1 aromatic heterocycles. The van der Waals surface area contributed by atoms with E-state index in [9.17, 15) is 24.6 Å². The Bertz CT molecular complexity index is 1970. The second-order valence-electron chi connectivity index (χ2n) is 11.7. The molecular formula is C38H37N3O9. The van der Waals surface area contributed by atoms with Crippen molar-refractivity contribution in [3.05, 3.63) is 164 Å². The van der Waals surface area contributed by atoms with Crippen LogP contribution in [0.2, 0.25) is 0 Å². The first-order valence-electron chi connectivity index (χ1n) is 15.9. The number of methoxy groups -OCH3 is 2. The minimum atomic E-state index is -1.61. The maximum absolute atomic E-state index is 13.0. The number of amides is 1. The van der Waals surface area contributed by atoms with Gasteiger partial charge in [0.15, 0.2) is 6.23 Å². The Labute approximate surface area is 287 Å². The number of aromatic nitrogens is 2. The Hall–Kier alpha value is -5.53. The van der Waals surface area contributed by atoms with Gasteiger partial charge in [0.1, 0.15) is 41.0 Å². The molecule has 0 aliphatic carbocycles. The van der Waals surface area contributed by atoms with Gasteiger partial charge in [-0.1, -0.05) is 84.9 Å². The number of benzene rings is 4. The Morgan fingerprint density at radius 1 is 0.800 bits per heavy atom. The summed E-state index contributed by atoms with van der Waals surface area (Å²) in [7, 11) is 3.15. The SMILES string of the molecule is COc1ccc(C(OC[C@H]2O[C@@H](n3cc(C(=O)NCc4ccccc4)c(=O)[nH]c3=O)[C@H](O)[C@@H]2O)(c2ccccc2)c2ccc(OC)cc2)cc1. The molecule has 4 aromatic carbocycles. The largest absolute Gasteiger partial charge is 0.497 e. The lowest BCUT2D eigenvalue weighted by atomic mass is 9.80. The van der Waals surface area contributed by atoms with E-state index in [4.69, 9.17) is 18.9 Å². The molecule has 0 bridgehead atoms. The lowest BCUT2D eigenvalue weighted by molar-refractivity contribution is -0.0959. The number of aromatic amines is 1. The van der Waals surface area contributed by atoms with Crippen LogP contribution in [0.3, 0.4) is 0 Å². The number of carbonyl (C=O) groups is 1. The van der Waals surface area contributed by atoms with Crippen LogP contribution in [0, 0.1) is 0 Å². The zero-order valence-corrected chi connectivity index (χ0v) is 27.4. The van der Waals surface area contributed by atoms with Crippen LogP contribution in [0.1, 0.15) is 38.8 Å². The summed E-state index contributed by atoms with van der Waals surface area (Å²) >= 11 is 0. The minimum Gasteiger partial charge on any atom is -0.497 e. The number of nitrogens with zero attached hydrogens (tertiary/aromatic N) is 1. The van der Waals surface area contributed by atoms with Gasteiger partial charge in [-0.2, -0.15) is 0 Å². The molecule has 12 nitrogen and oxygen atoms in total. The molecule has 12 heteroatoms. The fraction of sp³-hybridized carbons (Fsp3) is 0.237. The maximum Gasteiger partial charge on any atom is 0.330 e. The van der Waals surface area contributed by atoms with Crippen LogP contribution >= 0.6 is 0 Å². The normalized spacial score (nSPS) is 18.8. The molecule has 0 radical (unpaired) electrons. The number of ether oxygens (including phenoxy) is 4. The van der Waals surface area contributed by atoms with Gasteiger partial charge in [0.05, 0.1) is 20.8 Å². The quantitative estimate of drug-likeness (QED) is 0.145. The lowest BCUT2D eigenvalue weighted by Gasteiger charge is -2.37. The van der Waals surface area contributed by atoms with Gasteiger partial charge < -0.3 is 34.5 Å². The van der Waals surface area contributed by atoms with Crippen molar-refractivity contribution in [2.75, 3.05) is 20.8 Å². The number of H-pyrrole nitrogens is 1. The van der Waals surface area contributed by atoms with E-state index in [2.05, 4.69) is 10.3 Å². The highest BCUT2D eigenvalue weighted by atomic mass is 16.6. The molecule has 4 atom stereocenters. The number of nitrogens with one attached hydrogen (secondary N) is 2. The van der Waals surface area contributed by atoms with Gasteiger partial charge in [0.2, 0.25) is 0 Å². The summed E-state index contributed by atoms with van der Waals surface area (Å²) in [6.07, 6.45) is -4.68. The molecule has 1 amide bonds. The Morgan fingerprint density at radius 2 is 1.34 bits per heavy atom. The van der Waals surface area contributed by atoms with E-state index in [1.165, 1.54) is 0 Å². The number of rotatable bonds is 12. The molecule has 1 aliphatic rings. The van der Waals surface area contributed by atoms with Crippen LogP contribution in [0.25, 0.3) is 0 Å². The second kappa shape index (κ2) is 14.9. The van der Waals surface area contributed by atoms with E-state index >= 15 is 0 Å². The molecule has 0 saturated carbocycles. The number of hydrogen-bond acceptors (Lipinski definition) is 9. The van der Waals surface area contributed by atoms with Gasteiger partial charge in [0, 0.05) is 12.7 Å². The summed E-state index contributed by atoms with van der Waals surface area (Å²) in [6, 6.07) is 33.4. The van der Waals surface area contributed by atoms with Gasteiger partial charge >= 0.3 is 5.69 Å². The summed E-state index contributed by atoms with van der Waals surface area (Å²) in [6.45, 7) is -0.103. The van der Waals surface area contributed by atoms with Crippen LogP contribution in [-0.4, -0.2) is 64.8 Å². The third-order valence-corrected chi connectivity index (χ3v) is 8.76. The fourth-order valence-corrected chi connectivity index (χ4v) is 6.09. The molecule has 0 unspecified atom stereocenters. The number of aliphatic hydroxyl groups excluding tert-OH is 2. The molecule has 1 fully saturated rings. The van der Waals surface area contributed by atoms with E-state index in [-0.39, 0.29) is 18.7 Å². The van der Waals surface area contributed by atoms with E-state index in [0.717, 1.165) is 33.0 Å². The fourth-order valence-electron chi connectivity index (χ4n) is 6.09. The topological polar surface area (TPSA) is 161 Å². The van der Waals surface area contributed by atoms with Crippen molar-refractivity contribution >= 4 is 5.91 Å². The van der Waals surface area contributed by atoms with Crippen LogP contribution in [-0.2, 0) is 21.6 Å².